The van der Waals surface area contributed by atoms with E-state index in [0.717, 1.165) is 0 Å². The van der Waals surface area contributed by atoms with Crippen molar-refractivity contribution in [2.75, 3.05) is 13.2 Å². The zero-order valence-electron chi connectivity index (χ0n) is 5.69. The number of ether oxygens (including phenoxy) is 1. The van der Waals surface area contributed by atoms with Gasteiger partial charge in [-0.15, -0.1) is 0 Å². The molecule has 0 aliphatic rings. The zero-order chi connectivity index (χ0) is 7.82. The topological polar surface area (TPSA) is 66.8 Å². The van der Waals surface area contributed by atoms with Gasteiger partial charge < -0.3 is 19.7 Å². The Morgan fingerprint density at radius 2 is 2.30 bits per heavy atom. The maximum Gasteiger partial charge on any atom is 0.156 e. The lowest BCUT2D eigenvalue weighted by atomic mass is 10.4. The first-order valence-corrected chi connectivity index (χ1v) is 3.15. The average molecular weight is 148 g/mol. The van der Waals surface area contributed by atoms with Gasteiger partial charge in [0.05, 0.1) is 6.61 Å². The third kappa shape index (κ3) is 5.68. The standard InChI is InChI=1S/C6H12O4/c7-3-1-5-10-6(9)2-4-8/h3,6,8-9H,1-2,4-5H2. The van der Waals surface area contributed by atoms with Crippen molar-refractivity contribution in [2.24, 2.45) is 0 Å². The molecule has 0 amide bonds. The Labute approximate surface area is 59.4 Å². The van der Waals surface area contributed by atoms with Crippen LogP contribution >= 0.6 is 0 Å². The second-order valence-corrected chi connectivity index (χ2v) is 1.79. The Balaban J connectivity index is 3.04. The van der Waals surface area contributed by atoms with Crippen molar-refractivity contribution in [1.29, 1.82) is 0 Å². The molecule has 1 atom stereocenters. The number of aldehydes is 1. The average Bonchev–Trinajstić information content (AvgIpc) is 1.89. The number of carbonyl (C=O) groups is 1. The van der Waals surface area contributed by atoms with Crippen LogP contribution in [0.2, 0.25) is 0 Å². The third-order valence-electron chi connectivity index (χ3n) is 0.922. The van der Waals surface area contributed by atoms with Crippen molar-refractivity contribution in [3.8, 4) is 0 Å². The molecule has 2 N–H and O–H groups in total. The lowest BCUT2D eigenvalue weighted by Gasteiger charge is -2.07. The van der Waals surface area contributed by atoms with Crippen molar-refractivity contribution < 1.29 is 19.7 Å². The Hall–Kier alpha value is -0.450. The van der Waals surface area contributed by atoms with E-state index in [9.17, 15) is 4.79 Å². The van der Waals surface area contributed by atoms with E-state index in [4.69, 9.17) is 10.2 Å². The summed E-state index contributed by atoms with van der Waals surface area (Å²) in [5, 5.41) is 17.1. The van der Waals surface area contributed by atoms with Gasteiger partial charge in [0.2, 0.25) is 0 Å². The van der Waals surface area contributed by atoms with Gasteiger partial charge in [0.1, 0.15) is 6.29 Å². The van der Waals surface area contributed by atoms with Gasteiger partial charge in [-0.3, -0.25) is 0 Å². The number of aliphatic hydroxyl groups excluding tert-OH is 2. The molecule has 0 aliphatic heterocycles. The third-order valence-corrected chi connectivity index (χ3v) is 0.922. The minimum Gasteiger partial charge on any atom is -0.396 e. The molecule has 4 nitrogen and oxygen atoms in total. The second-order valence-electron chi connectivity index (χ2n) is 1.79. The molecule has 0 bridgehead atoms. The summed E-state index contributed by atoms with van der Waals surface area (Å²) in [4.78, 5) is 9.73. The summed E-state index contributed by atoms with van der Waals surface area (Å²) >= 11 is 0. The van der Waals surface area contributed by atoms with Gasteiger partial charge in [-0.1, -0.05) is 0 Å². The molecule has 0 aliphatic carbocycles. The molecular weight excluding hydrogens is 136 g/mol. The van der Waals surface area contributed by atoms with Crippen LogP contribution in [0.15, 0.2) is 0 Å². The quantitative estimate of drug-likeness (QED) is 0.297. The van der Waals surface area contributed by atoms with Gasteiger partial charge >= 0.3 is 0 Å². The maximum absolute atomic E-state index is 9.73. The minimum atomic E-state index is -0.940. The van der Waals surface area contributed by atoms with Gasteiger partial charge in [-0.05, 0) is 0 Å². The molecule has 10 heavy (non-hydrogen) atoms. The van der Waals surface area contributed by atoms with Gasteiger partial charge in [-0.2, -0.15) is 0 Å². The smallest absolute Gasteiger partial charge is 0.156 e. The van der Waals surface area contributed by atoms with Crippen LogP contribution in [0.25, 0.3) is 0 Å². The molecule has 1 unspecified atom stereocenters. The highest BCUT2D eigenvalue weighted by Gasteiger charge is 2.00. The van der Waals surface area contributed by atoms with Crippen molar-refractivity contribution >= 4 is 6.29 Å². The van der Waals surface area contributed by atoms with E-state index in [1.807, 2.05) is 0 Å². The molecule has 0 rings (SSSR count). The van der Waals surface area contributed by atoms with Gasteiger partial charge in [-0.25, -0.2) is 0 Å². The molecule has 0 fully saturated rings. The van der Waals surface area contributed by atoms with Crippen LogP contribution < -0.4 is 0 Å². The highest BCUT2D eigenvalue weighted by molar-refractivity contribution is 5.49. The predicted octanol–water partition coefficient (Wildman–Crippen LogP) is -0.707. The fourth-order valence-corrected chi connectivity index (χ4v) is 0.446. The van der Waals surface area contributed by atoms with Crippen LogP contribution in [0.1, 0.15) is 12.8 Å². The van der Waals surface area contributed by atoms with Gasteiger partial charge in [0, 0.05) is 19.4 Å². The summed E-state index contributed by atoms with van der Waals surface area (Å²) in [5.74, 6) is 0. The first-order chi connectivity index (χ1) is 4.81. The normalized spacial score (nSPS) is 13.0. The zero-order valence-corrected chi connectivity index (χ0v) is 5.69. The van der Waals surface area contributed by atoms with Crippen LogP contribution in [-0.2, 0) is 9.53 Å². The van der Waals surface area contributed by atoms with Gasteiger partial charge in [0.15, 0.2) is 6.29 Å². The Kier molecular flexibility index (Phi) is 6.37. The summed E-state index contributed by atoms with van der Waals surface area (Å²) in [6.45, 7) is 0.104. The number of rotatable bonds is 6. The minimum absolute atomic E-state index is 0.109. The van der Waals surface area contributed by atoms with E-state index in [1.54, 1.807) is 0 Å². The van der Waals surface area contributed by atoms with Crippen molar-refractivity contribution in [3.05, 3.63) is 0 Å². The molecule has 0 aromatic carbocycles. The Bertz CT molecular complexity index is 83.8. The summed E-state index contributed by atoms with van der Waals surface area (Å²) in [6, 6.07) is 0. The fourth-order valence-electron chi connectivity index (χ4n) is 0.446. The van der Waals surface area contributed by atoms with E-state index in [1.165, 1.54) is 0 Å². The molecule has 0 spiro atoms. The lowest BCUT2D eigenvalue weighted by Crippen LogP contribution is -2.14. The van der Waals surface area contributed by atoms with Crippen LogP contribution in [0.3, 0.4) is 0 Å². The number of hydrogen-bond donors (Lipinski definition) is 2. The number of carbonyl (C=O) groups excluding carboxylic acids is 1. The number of aliphatic hydroxyl groups is 2. The molecule has 4 heteroatoms. The fraction of sp³-hybridized carbons (Fsp3) is 0.833. The molecular formula is C6H12O4. The molecule has 0 aromatic rings. The summed E-state index contributed by atoms with van der Waals surface area (Å²) in [7, 11) is 0. The largest absolute Gasteiger partial charge is 0.396 e. The SMILES string of the molecule is O=CCCOC(O)CCO. The Morgan fingerprint density at radius 3 is 2.80 bits per heavy atom. The molecule has 60 valence electrons. The number of hydrogen-bond acceptors (Lipinski definition) is 4. The van der Waals surface area contributed by atoms with Crippen molar-refractivity contribution in [1.82, 2.24) is 0 Å². The summed E-state index contributed by atoms with van der Waals surface area (Å²) < 4.78 is 4.69. The van der Waals surface area contributed by atoms with Crippen molar-refractivity contribution in [2.45, 2.75) is 19.1 Å². The van der Waals surface area contributed by atoms with E-state index in [2.05, 4.69) is 4.74 Å². The van der Waals surface area contributed by atoms with E-state index in [0.29, 0.717) is 6.29 Å². The molecule has 0 saturated heterocycles. The first-order valence-electron chi connectivity index (χ1n) is 3.15. The summed E-state index contributed by atoms with van der Waals surface area (Å²) in [6.07, 6.45) is 0.248. The molecule has 0 aromatic heterocycles. The highest BCUT2D eigenvalue weighted by Crippen LogP contribution is 1.92. The maximum atomic E-state index is 9.73. The highest BCUT2D eigenvalue weighted by atomic mass is 16.6. The van der Waals surface area contributed by atoms with Crippen LogP contribution in [0.5, 0.6) is 0 Å². The molecule has 0 heterocycles. The van der Waals surface area contributed by atoms with Crippen molar-refractivity contribution in [3.63, 3.8) is 0 Å². The molecule has 0 radical (unpaired) electrons. The van der Waals surface area contributed by atoms with Crippen LogP contribution in [0.4, 0.5) is 0 Å². The van der Waals surface area contributed by atoms with E-state index in [-0.39, 0.29) is 26.1 Å². The monoisotopic (exact) mass is 148 g/mol. The summed E-state index contributed by atoms with van der Waals surface area (Å²) in [5.41, 5.74) is 0. The predicted molar refractivity (Wildman–Crippen MR) is 34.3 cm³/mol. The lowest BCUT2D eigenvalue weighted by molar-refractivity contribution is -0.120. The van der Waals surface area contributed by atoms with Crippen LogP contribution in [-0.4, -0.2) is 36.0 Å². The van der Waals surface area contributed by atoms with E-state index < -0.39 is 6.29 Å². The second kappa shape index (κ2) is 6.67. The van der Waals surface area contributed by atoms with Gasteiger partial charge in [0.25, 0.3) is 0 Å². The molecule has 0 saturated carbocycles. The van der Waals surface area contributed by atoms with E-state index >= 15 is 0 Å². The van der Waals surface area contributed by atoms with Crippen LogP contribution in [0, 0.1) is 0 Å². The first kappa shape index (κ1) is 9.55. The Morgan fingerprint density at radius 1 is 1.60 bits per heavy atom.